The highest BCUT2D eigenvalue weighted by Gasteiger charge is 2.11. The van der Waals surface area contributed by atoms with Gasteiger partial charge >= 0.3 is 0 Å². The quantitative estimate of drug-likeness (QED) is 0.416. The monoisotopic (exact) mass is 314 g/mol. The lowest BCUT2D eigenvalue weighted by Crippen LogP contribution is -2.24. The molecule has 0 saturated carbocycles. The van der Waals surface area contributed by atoms with Crippen LogP contribution in [0.5, 0.6) is 17.2 Å². The van der Waals surface area contributed by atoms with E-state index in [9.17, 15) is 20.1 Å². The number of rotatable bonds is 6. The van der Waals surface area contributed by atoms with Gasteiger partial charge in [0.05, 0.1) is 5.56 Å². The van der Waals surface area contributed by atoms with Crippen LogP contribution < -0.4 is 5.32 Å². The molecule has 0 saturated heterocycles. The molecule has 0 atom stereocenters. The van der Waals surface area contributed by atoms with Crippen molar-refractivity contribution in [2.45, 2.75) is 12.8 Å². The Morgan fingerprint density at radius 1 is 1.00 bits per heavy atom. The van der Waals surface area contributed by atoms with Crippen molar-refractivity contribution in [1.82, 2.24) is 5.32 Å². The van der Waals surface area contributed by atoms with E-state index in [1.807, 2.05) is 0 Å². The first-order valence-electron chi connectivity index (χ1n) is 7.15. The van der Waals surface area contributed by atoms with Crippen LogP contribution >= 0.6 is 0 Å². The molecule has 0 bridgehead atoms. The van der Waals surface area contributed by atoms with Gasteiger partial charge in [-0.2, -0.15) is 0 Å². The number of nitrogens with one attached hydrogen (secondary N) is 2. The molecule has 0 heterocycles. The van der Waals surface area contributed by atoms with Crippen LogP contribution in [0, 0.1) is 5.41 Å². The Balaban J connectivity index is 1.82. The van der Waals surface area contributed by atoms with Crippen molar-refractivity contribution >= 4 is 11.6 Å². The molecular weight excluding hydrogens is 296 g/mol. The van der Waals surface area contributed by atoms with E-state index in [4.69, 9.17) is 5.41 Å². The molecule has 0 spiro atoms. The van der Waals surface area contributed by atoms with Crippen LogP contribution in [0.15, 0.2) is 42.5 Å². The third kappa shape index (κ3) is 4.23. The molecule has 0 aliphatic carbocycles. The number of carbonyl (C=O) groups is 1. The Bertz CT molecular complexity index is 728. The van der Waals surface area contributed by atoms with Crippen molar-refractivity contribution < 1.29 is 20.1 Å². The van der Waals surface area contributed by atoms with Gasteiger partial charge in [-0.05, 0) is 37.1 Å². The molecule has 120 valence electrons. The molecule has 0 fully saturated rings. The zero-order valence-electron chi connectivity index (χ0n) is 12.4. The summed E-state index contributed by atoms with van der Waals surface area (Å²) < 4.78 is 0. The minimum atomic E-state index is -0.373. The van der Waals surface area contributed by atoms with Gasteiger partial charge in [-0.25, -0.2) is 0 Å². The molecule has 0 aliphatic rings. The van der Waals surface area contributed by atoms with Gasteiger partial charge < -0.3 is 26.0 Å². The predicted molar refractivity (Wildman–Crippen MR) is 86.3 cm³/mol. The summed E-state index contributed by atoms with van der Waals surface area (Å²) in [6, 6.07) is 10.3. The summed E-state index contributed by atoms with van der Waals surface area (Å²) in [6.07, 6.45) is 0.873. The average Bonchev–Trinajstić information content (AvgIpc) is 2.51. The SMILES string of the molecule is N=C(CCCNC(=O)c1ccccc1O)c1ccc(O)cc1O. The van der Waals surface area contributed by atoms with E-state index in [1.54, 1.807) is 12.1 Å². The lowest BCUT2D eigenvalue weighted by molar-refractivity contribution is 0.0950. The number of hydrogen-bond acceptors (Lipinski definition) is 5. The molecule has 2 rings (SSSR count). The average molecular weight is 314 g/mol. The number of carbonyl (C=O) groups excluding carboxylic acids is 1. The fourth-order valence-corrected chi connectivity index (χ4v) is 2.14. The molecular formula is C17H18N2O4. The van der Waals surface area contributed by atoms with Crippen LogP contribution in [0.1, 0.15) is 28.8 Å². The van der Waals surface area contributed by atoms with Crippen molar-refractivity contribution in [2.75, 3.05) is 6.54 Å². The minimum Gasteiger partial charge on any atom is -0.508 e. The van der Waals surface area contributed by atoms with Gasteiger partial charge in [0, 0.05) is 23.9 Å². The van der Waals surface area contributed by atoms with Crippen molar-refractivity contribution in [3.05, 3.63) is 53.6 Å². The first kappa shape index (κ1) is 16.4. The minimum absolute atomic E-state index is 0.0611. The van der Waals surface area contributed by atoms with Crippen LogP contribution in [0.25, 0.3) is 0 Å². The smallest absolute Gasteiger partial charge is 0.255 e. The maximum atomic E-state index is 11.9. The van der Waals surface area contributed by atoms with Gasteiger partial charge in [0.25, 0.3) is 5.91 Å². The first-order valence-corrected chi connectivity index (χ1v) is 7.15. The number of hydrogen-bond donors (Lipinski definition) is 5. The summed E-state index contributed by atoms with van der Waals surface area (Å²) in [7, 11) is 0. The number of aromatic hydroxyl groups is 3. The molecule has 2 aromatic carbocycles. The van der Waals surface area contributed by atoms with Crippen molar-refractivity contribution in [2.24, 2.45) is 0 Å². The highest BCUT2D eigenvalue weighted by atomic mass is 16.3. The van der Waals surface area contributed by atoms with Crippen LogP contribution in [0.3, 0.4) is 0 Å². The summed E-state index contributed by atoms with van der Waals surface area (Å²) in [4.78, 5) is 11.9. The van der Waals surface area contributed by atoms with Gasteiger partial charge in [-0.3, -0.25) is 4.79 Å². The van der Waals surface area contributed by atoms with Gasteiger partial charge in [-0.1, -0.05) is 12.1 Å². The predicted octanol–water partition coefficient (Wildman–Crippen LogP) is 2.38. The highest BCUT2D eigenvalue weighted by Crippen LogP contribution is 2.24. The van der Waals surface area contributed by atoms with Crippen molar-refractivity contribution in [3.8, 4) is 17.2 Å². The largest absolute Gasteiger partial charge is 0.508 e. The van der Waals surface area contributed by atoms with E-state index in [1.165, 1.54) is 30.3 Å². The zero-order valence-corrected chi connectivity index (χ0v) is 12.4. The zero-order chi connectivity index (χ0) is 16.8. The summed E-state index contributed by atoms with van der Waals surface area (Å²) >= 11 is 0. The molecule has 0 aromatic heterocycles. The topological polar surface area (TPSA) is 114 Å². The molecule has 0 aliphatic heterocycles. The molecule has 6 nitrogen and oxygen atoms in total. The molecule has 6 heteroatoms. The van der Waals surface area contributed by atoms with E-state index in [-0.39, 0.29) is 34.4 Å². The second-order valence-corrected chi connectivity index (χ2v) is 5.06. The highest BCUT2D eigenvalue weighted by molar-refractivity contribution is 6.00. The first-order chi connectivity index (χ1) is 11.0. The van der Waals surface area contributed by atoms with E-state index in [0.29, 0.717) is 24.9 Å². The molecule has 0 radical (unpaired) electrons. The van der Waals surface area contributed by atoms with E-state index >= 15 is 0 Å². The maximum absolute atomic E-state index is 11.9. The number of amides is 1. The van der Waals surface area contributed by atoms with Gasteiger partial charge in [0.2, 0.25) is 0 Å². The summed E-state index contributed by atoms with van der Waals surface area (Å²) in [6.45, 7) is 0.342. The van der Waals surface area contributed by atoms with Gasteiger partial charge in [0.15, 0.2) is 0 Å². The van der Waals surface area contributed by atoms with Gasteiger partial charge in [0.1, 0.15) is 17.2 Å². The number of para-hydroxylation sites is 1. The molecule has 0 unspecified atom stereocenters. The third-order valence-electron chi connectivity index (χ3n) is 3.34. The van der Waals surface area contributed by atoms with Crippen molar-refractivity contribution in [1.29, 1.82) is 5.41 Å². The number of phenolic OH excluding ortho intramolecular Hbond substituents is 3. The Kier molecular flexibility index (Phi) is 5.19. The van der Waals surface area contributed by atoms with Crippen LogP contribution in [0.2, 0.25) is 0 Å². The number of benzene rings is 2. The second kappa shape index (κ2) is 7.31. The fourth-order valence-electron chi connectivity index (χ4n) is 2.14. The fraction of sp³-hybridized carbons (Fsp3) is 0.176. The standard InChI is InChI=1S/C17H18N2O4/c18-14(12-8-7-11(20)10-16(12)22)5-3-9-19-17(23)13-4-1-2-6-15(13)21/h1-2,4,6-8,10,18,20-22H,3,5,9H2,(H,19,23). The Morgan fingerprint density at radius 3 is 2.43 bits per heavy atom. The van der Waals surface area contributed by atoms with E-state index < -0.39 is 0 Å². The van der Waals surface area contributed by atoms with E-state index in [2.05, 4.69) is 5.32 Å². The maximum Gasteiger partial charge on any atom is 0.255 e. The summed E-state index contributed by atoms with van der Waals surface area (Å²) in [5.41, 5.74) is 0.785. The molecule has 1 amide bonds. The van der Waals surface area contributed by atoms with Crippen LogP contribution in [0.4, 0.5) is 0 Å². The second-order valence-electron chi connectivity index (χ2n) is 5.06. The summed E-state index contributed by atoms with van der Waals surface area (Å²) in [5.74, 6) is -0.656. The van der Waals surface area contributed by atoms with Crippen LogP contribution in [-0.4, -0.2) is 33.5 Å². The van der Waals surface area contributed by atoms with Crippen LogP contribution in [-0.2, 0) is 0 Å². The lowest BCUT2D eigenvalue weighted by Gasteiger charge is -2.09. The van der Waals surface area contributed by atoms with Gasteiger partial charge in [-0.15, -0.1) is 0 Å². The Labute approximate surface area is 133 Å². The lowest BCUT2D eigenvalue weighted by atomic mass is 10.0. The Morgan fingerprint density at radius 2 is 1.74 bits per heavy atom. The number of phenols is 3. The Hall–Kier alpha value is -3.02. The third-order valence-corrected chi connectivity index (χ3v) is 3.34. The molecule has 5 N–H and O–H groups in total. The van der Waals surface area contributed by atoms with E-state index in [0.717, 1.165) is 0 Å². The normalized spacial score (nSPS) is 10.3. The van der Waals surface area contributed by atoms with Crippen molar-refractivity contribution in [3.63, 3.8) is 0 Å². The summed E-state index contributed by atoms with van der Waals surface area (Å²) in [5, 5.41) is 39.1. The molecule has 23 heavy (non-hydrogen) atoms. The molecule has 2 aromatic rings.